The van der Waals surface area contributed by atoms with Gasteiger partial charge in [0.15, 0.2) is 0 Å². The molecule has 9 nitrogen and oxygen atoms in total. The van der Waals surface area contributed by atoms with Crippen molar-refractivity contribution in [3.63, 3.8) is 0 Å². The Labute approximate surface area is 218 Å². The summed E-state index contributed by atoms with van der Waals surface area (Å²) in [5.41, 5.74) is 7.75. The summed E-state index contributed by atoms with van der Waals surface area (Å²) in [6.07, 6.45) is 6.30. The van der Waals surface area contributed by atoms with Crippen molar-refractivity contribution >= 4 is 16.9 Å². The number of aliphatic hydroxyl groups excluding tert-OH is 1. The monoisotopic (exact) mass is 512 g/mol. The first kappa shape index (κ1) is 27.2. The van der Waals surface area contributed by atoms with E-state index < -0.39 is 5.97 Å². The van der Waals surface area contributed by atoms with Gasteiger partial charge >= 0.3 is 5.97 Å². The third-order valence-corrected chi connectivity index (χ3v) is 7.50. The van der Waals surface area contributed by atoms with E-state index in [1.807, 2.05) is 24.3 Å². The van der Waals surface area contributed by atoms with Crippen LogP contribution in [0.2, 0.25) is 0 Å². The van der Waals surface area contributed by atoms with Gasteiger partial charge in [0, 0.05) is 48.2 Å². The van der Waals surface area contributed by atoms with Crippen molar-refractivity contribution in [3.8, 4) is 5.75 Å². The average Bonchev–Trinajstić information content (AvgIpc) is 3.56. The summed E-state index contributed by atoms with van der Waals surface area (Å²) in [4.78, 5) is 18.9. The maximum Gasteiger partial charge on any atom is 0.352 e. The first-order valence-electron chi connectivity index (χ1n) is 13.2. The Hall–Kier alpha value is -2.85. The Morgan fingerprint density at radius 1 is 1.24 bits per heavy atom. The van der Waals surface area contributed by atoms with Gasteiger partial charge in [0.2, 0.25) is 0 Å². The van der Waals surface area contributed by atoms with E-state index in [1.54, 1.807) is 18.6 Å². The molecule has 0 amide bonds. The number of nitrogens with two attached hydrogens (primary N) is 1. The summed E-state index contributed by atoms with van der Waals surface area (Å²) in [5, 5.41) is 19.5. The Morgan fingerprint density at radius 3 is 2.70 bits per heavy atom. The van der Waals surface area contributed by atoms with Gasteiger partial charge in [-0.05, 0) is 69.5 Å². The molecule has 202 valence electrons. The fourth-order valence-electron chi connectivity index (χ4n) is 5.09. The van der Waals surface area contributed by atoms with Crippen molar-refractivity contribution in [2.75, 3.05) is 32.7 Å². The molecule has 0 spiro atoms. The highest BCUT2D eigenvalue weighted by Crippen LogP contribution is 2.27. The molecule has 0 radical (unpaired) electrons. The highest BCUT2D eigenvalue weighted by molar-refractivity contribution is 5.96. The Kier molecular flexibility index (Phi) is 9.26. The van der Waals surface area contributed by atoms with E-state index in [2.05, 4.69) is 28.6 Å². The molecule has 37 heavy (non-hydrogen) atoms. The number of aromatic nitrogens is 1. The van der Waals surface area contributed by atoms with Gasteiger partial charge in [-0.3, -0.25) is 4.90 Å². The van der Waals surface area contributed by atoms with Gasteiger partial charge in [0.05, 0.1) is 18.6 Å². The minimum atomic E-state index is -0.989. The quantitative estimate of drug-likeness (QED) is 0.378. The van der Waals surface area contributed by atoms with E-state index in [1.165, 1.54) is 0 Å². The van der Waals surface area contributed by atoms with E-state index in [0.29, 0.717) is 30.4 Å². The number of fused-ring (bicyclic) bond motifs is 1. The van der Waals surface area contributed by atoms with E-state index in [4.69, 9.17) is 20.0 Å². The molecule has 0 unspecified atom stereocenters. The van der Waals surface area contributed by atoms with Gasteiger partial charge in [-0.15, -0.1) is 0 Å². The number of aliphatic hydroxyl groups is 1. The number of hydrogen-bond donors (Lipinski definition) is 4. The number of carbonyl (C=O) groups is 1. The molecule has 1 aromatic carbocycles. The molecule has 0 aliphatic carbocycles. The standard InChI is InChI=1S/C14H29N3O.C14H11NO4/c1-11-9-17(8-5-14(11)18)12(2)10-16-6-3-13(15)4-7-16;16-14(17)12-6-10-11(15-12)2-1-3-13(10)19-8-9-4-5-18-7-9/h11-14,18H,3-10,15H2,1-2H3;1-7,15H,8H2,(H,16,17)/t11-,12+,14-;/m1./s1. The number of furan rings is 1. The molecule has 0 bridgehead atoms. The number of carboxylic acid groups (broad SMARTS) is 1. The minimum absolute atomic E-state index is 0.0959. The Morgan fingerprint density at radius 2 is 2.03 bits per heavy atom. The van der Waals surface area contributed by atoms with Crippen LogP contribution in [0.1, 0.15) is 49.2 Å². The number of aromatic amines is 1. The second kappa shape index (κ2) is 12.6. The van der Waals surface area contributed by atoms with Gasteiger partial charge in [0.1, 0.15) is 18.1 Å². The molecule has 2 fully saturated rings. The largest absolute Gasteiger partial charge is 0.488 e. The number of carboxylic acids is 1. The lowest BCUT2D eigenvalue weighted by molar-refractivity contribution is 0.0119. The number of likely N-dealkylation sites (tertiary alicyclic amines) is 2. The lowest BCUT2D eigenvalue weighted by Gasteiger charge is -2.41. The van der Waals surface area contributed by atoms with Gasteiger partial charge in [0.25, 0.3) is 0 Å². The number of rotatable bonds is 7. The first-order chi connectivity index (χ1) is 17.8. The van der Waals surface area contributed by atoms with Gasteiger partial charge < -0.3 is 35.0 Å². The zero-order chi connectivity index (χ0) is 26.4. The van der Waals surface area contributed by atoms with Crippen molar-refractivity contribution in [2.45, 2.75) is 57.9 Å². The van der Waals surface area contributed by atoms with E-state index in [9.17, 15) is 9.90 Å². The lowest BCUT2D eigenvalue weighted by Crippen LogP contribution is -2.51. The maximum atomic E-state index is 10.9. The second-order valence-corrected chi connectivity index (χ2v) is 10.4. The van der Waals surface area contributed by atoms with E-state index >= 15 is 0 Å². The van der Waals surface area contributed by atoms with Crippen LogP contribution in [-0.4, -0.2) is 81.9 Å². The van der Waals surface area contributed by atoms with Crippen LogP contribution in [0.5, 0.6) is 5.75 Å². The summed E-state index contributed by atoms with van der Waals surface area (Å²) < 4.78 is 10.6. The number of H-pyrrole nitrogens is 1. The molecule has 0 saturated carbocycles. The SMILES string of the molecule is C[C@@H]1CN([C@@H](C)CN2CCC(N)CC2)CC[C@H]1O.O=C(O)c1cc2c(OCc3ccoc3)cccc2[nH]1. The van der Waals surface area contributed by atoms with Gasteiger partial charge in [-0.2, -0.15) is 0 Å². The smallest absolute Gasteiger partial charge is 0.352 e. The van der Waals surface area contributed by atoms with Crippen LogP contribution in [-0.2, 0) is 6.61 Å². The summed E-state index contributed by atoms with van der Waals surface area (Å²) in [6.45, 7) is 10.4. The predicted octanol–water partition coefficient (Wildman–Crippen LogP) is 3.54. The van der Waals surface area contributed by atoms with Gasteiger partial charge in [-0.1, -0.05) is 13.0 Å². The summed E-state index contributed by atoms with van der Waals surface area (Å²) in [6, 6.07) is 9.84. The van der Waals surface area contributed by atoms with Crippen LogP contribution in [0.4, 0.5) is 0 Å². The average molecular weight is 513 g/mol. The molecular formula is C28H40N4O5. The van der Waals surface area contributed by atoms with Crippen molar-refractivity contribution in [1.29, 1.82) is 0 Å². The predicted molar refractivity (Wildman–Crippen MR) is 143 cm³/mol. The lowest BCUT2D eigenvalue weighted by atomic mass is 9.95. The van der Waals surface area contributed by atoms with Crippen molar-refractivity contribution in [1.82, 2.24) is 14.8 Å². The molecule has 2 saturated heterocycles. The van der Waals surface area contributed by atoms with Crippen molar-refractivity contribution in [2.24, 2.45) is 11.7 Å². The maximum absolute atomic E-state index is 10.9. The summed E-state index contributed by atoms with van der Waals surface area (Å²) in [5.74, 6) is 0.0652. The van der Waals surface area contributed by atoms with E-state index in [0.717, 1.165) is 68.5 Å². The Balaban J connectivity index is 0.000000173. The number of hydrogen-bond acceptors (Lipinski definition) is 7. The zero-order valence-corrected chi connectivity index (χ0v) is 21.8. The van der Waals surface area contributed by atoms with Crippen LogP contribution in [0, 0.1) is 5.92 Å². The fourth-order valence-corrected chi connectivity index (χ4v) is 5.09. The highest BCUT2D eigenvalue weighted by Gasteiger charge is 2.28. The Bertz CT molecular complexity index is 1120. The highest BCUT2D eigenvalue weighted by atomic mass is 16.5. The first-order valence-corrected chi connectivity index (χ1v) is 13.2. The molecule has 3 atom stereocenters. The van der Waals surface area contributed by atoms with Crippen molar-refractivity contribution in [3.05, 3.63) is 54.1 Å². The number of benzene rings is 1. The molecule has 2 aromatic heterocycles. The van der Waals surface area contributed by atoms with Crippen LogP contribution in [0.3, 0.4) is 0 Å². The molecule has 5 N–H and O–H groups in total. The molecule has 4 heterocycles. The number of nitrogens with zero attached hydrogens (tertiary/aromatic N) is 2. The number of aromatic carboxylic acids is 1. The number of nitrogens with one attached hydrogen (secondary N) is 1. The third kappa shape index (κ3) is 7.35. The molecular weight excluding hydrogens is 472 g/mol. The topological polar surface area (TPSA) is 128 Å². The molecule has 9 heteroatoms. The molecule has 2 aliphatic heterocycles. The minimum Gasteiger partial charge on any atom is -0.488 e. The third-order valence-electron chi connectivity index (χ3n) is 7.50. The van der Waals surface area contributed by atoms with Crippen LogP contribution in [0.25, 0.3) is 10.9 Å². The summed E-state index contributed by atoms with van der Waals surface area (Å²) >= 11 is 0. The van der Waals surface area contributed by atoms with Crippen LogP contribution in [0.15, 0.2) is 47.3 Å². The number of ether oxygens (including phenoxy) is 1. The van der Waals surface area contributed by atoms with Crippen LogP contribution < -0.4 is 10.5 Å². The van der Waals surface area contributed by atoms with Gasteiger partial charge in [-0.25, -0.2) is 4.79 Å². The fraction of sp³-hybridized carbons (Fsp3) is 0.536. The number of piperidine rings is 2. The normalized spacial score (nSPS) is 22.4. The molecule has 5 rings (SSSR count). The van der Waals surface area contributed by atoms with E-state index in [-0.39, 0.29) is 11.8 Å². The second-order valence-electron chi connectivity index (χ2n) is 10.4. The van der Waals surface area contributed by atoms with Crippen molar-refractivity contribution < 1.29 is 24.2 Å². The van der Waals surface area contributed by atoms with Crippen LogP contribution >= 0.6 is 0 Å². The zero-order valence-electron chi connectivity index (χ0n) is 21.8. The summed E-state index contributed by atoms with van der Waals surface area (Å²) in [7, 11) is 0. The molecule has 3 aromatic rings. The molecule has 2 aliphatic rings.